The van der Waals surface area contributed by atoms with Gasteiger partial charge in [0.25, 0.3) is 5.91 Å². The molecule has 0 spiro atoms. The van der Waals surface area contributed by atoms with Crippen LogP contribution in [0.4, 0.5) is 5.69 Å². The Morgan fingerprint density at radius 2 is 1.71 bits per heavy atom. The maximum atomic E-state index is 12.9. The smallest absolute Gasteiger partial charge is 0.255 e. The summed E-state index contributed by atoms with van der Waals surface area (Å²) in [5.41, 5.74) is 3.37. The van der Waals surface area contributed by atoms with Crippen molar-refractivity contribution in [1.82, 2.24) is 4.90 Å². The minimum atomic E-state index is 0.208. The highest BCUT2D eigenvalue weighted by atomic mass is 32.1. The molecule has 126 valence electrons. The zero-order valence-electron chi connectivity index (χ0n) is 13.7. The number of thiophene rings is 1. The first kappa shape index (κ1) is 15.5. The highest BCUT2D eigenvalue weighted by molar-refractivity contribution is 7.10. The average Bonchev–Trinajstić information content (AvgIpc) is 3.06. The lowest BCUT2D eigenvalue weighted by Gasteiger charge is -2.36. The van der Waals surface area contributed by atoms with E-state index in [9.17, 15) is 9.90 Å². The summed E-state index contributed by atoms with van der Waals surface area (Å²) in [6.45, 7) is 3.18. The van der Waals surface area contributed by atoms with E-state index in [1.165, 1.54) is 23.3 Å². The van der Waals surface area contributed by atoms with Crippen molar-refractivity contribution >= 4 is 22.9 Å². The summed E-state index contributed by atoms with van der Waals surface area (Å²) in [6.07, 6.45) is 4.67. The van der Waals surface area contributed by atoms with Crippen molar-refractivity contribution < 1.29 is 9.90 Å². The Hall–Kier alpha value is -2.01. The lowest BCUT2D eigenvalue weighted by atomic mass is 9.95. The Bertz CT molecular complexity index is 730. The SMILES string of the molecule is O=C(c1csc2c1CCCC2)N1CCN(c2ccc(O)cc2)CC1. The summed E-state index contributed by atoms with van der Waals surface area (Å²) in [5, 5.41) is 11.5. The number of aryl methyl sites for hydroxylation is 1. The summed E-state index contributed by atoms with van der Waals surface area (Å²) in [5.74, 6) is 0.495. The maximum Gasteiger partial charge on any atom is 0.255 e. The molecule has 2 heterocycles. The summed E-state index contributed by atoms with van der Waals surface area (Å²) < 4.78 is 0. The van der Waals surface area contributed by atoms with E-state index in [0.717, 1.165) is 50.3 Å². The quantitative estimate of drug-likeness (QED) is 0.911. The van der Waals surface area contributed by atoms with Crippen LogP contribution < -0.4 is 4.90 Å². The van der Waals surface area contributed by atoms with E-state index in [-0.39, 0.29) is 11.7 Å². The van der Waals surface area contributed by atoms with Crippen LogP contribution in [0, 0.1) is 0 Å². The van der Waals surface area contributed by atoms with Crippen LogP contribution >= 0.6 is 11.3 Å². The van der Waals surface area contributed by atoms with Gasteiger partial charge in [0.1, 0.15) is 5.75 Å². The van der Waals surface area contributed by atoms with E-state index in [0.29, 0.717) is 0 Å². The van der Waals surface area contributed by atoms with Crippen molar-refractivity contribution in [3.63, 3.8) is 0 Å². The van der Waals surface area contributed by atoms with Crippen LogP contribution in [0.1, 0.15) is 33.6 Å². The first-order chi connectivity index (χ1) is 11.7. The second-order valence-electron chi connectivity index (χ2n) is 6.55. The summed E-state index contributed by atoms with van der Waals surface area (Å²) >= 11 is 1.76. The topological polar surface area (TPSA) is 43.8 Å². The summed E-state index contributed by atoms with van der Waals surface area (Å²) in [7, 11) is 0. The van der Waals surface area contributed by atoms with Crippen molar-refractivity contribution in [2.24, 2.45) is 0 Å². The van der Waals surface area contributed by atoms with Gasteiger partial charge in [-0.1, -0.05) is 0 Å². The molecule has 5 heteroatoms. The number of carbonyl (C=O) groups excluding carboxylic acids is 1. The van der Waals surface area contributed by atoms with Crippen LogP contribution in [0.25, 0.3) is 0 Å². The van der Waals surface area contributed by atoms with Gasteiger partial charge in [0.2, 0.25) is 0 Å². The minimum Gasteiger partial charge on any atom is -0.508 e. The van der Waals surface area contributed by atoms with Crippen LogP contribution in [0.2, 0.25) is 0 Å². The molecule has 1 N–H and O–H groups in total. The first-order valence-corrected chi connectivity index (χ1v) is 9.53. The fraction of sp³-hybridized carbons (Fsp3) is 0.421. The van der Waals surface area contributed by atoms with Crippen LogP contribution in [0.5, 0.6) is 5.75 Å². The molecule has 2 aromatic rings. The van der Waals surface area contributed by atoms with Crippen molar-refractivity contribution in [2.45, 2.75) is 25.7 Å². The third kappa shape index (κ3) is 2.88. The monoisotopic (exact) mass is 342 g/mol. The Labute approximate surface area is 146 Å². The molecule has 1 aliphatic heterocycles. The zero-order chi connectivity index (χ0) is 16.5. The number of benzene rings is 1. The highest BCUT2D eigenvalue weighted by Gasteiger charge is 2.26. The molecule has 0 saturated carbocycles. The lowest BCUT2D eigenvalue weighted by molar-refractivity contribution is 0.0746. The normalized spacial score (nSPS) is 17.7. The van der Waals surface area contributed by atoms with Crippen LogP contribution in [0.3, 0.4) is 0 Å². The molecule has 1 aromatic heterocycles. The van der Waals surface area contributed by atoms with E-state index in [4.69, 9.17) is 0 Å². The Balaban J connectivity index is 1.43. The molecular formula is C19H22N2O2S. The molecule has 1 aliphatic carbocycles. The number of hydrogen-bond donors (Lipinski definition) is 1. The highest BCUT2D eigenvalue weighted by Crippen LogP contribution is 2.31. The van der Waals surface area contributed by atoms with Gasteiger partial charge in [-0.15, -0.1) is 11.3 Å². The molecule has 1 amide bonds. The van der Waals surface area contributed by atoms with Crippen LogP contribution in [0.15, 0.2) is 29.6 Å². The minimum absolute atomic E-state index is 0.208. The molecule has 0 radical (unpaired) electrons. The number of amides is 1. The van der Waals surface area contributed by atoms with Gasteiger partial charge in [-0.25, -0.2) is 0 Å². The molecule has 2 aliphatic rings. The van der Waals surface area contributed by atoms with Gasteiger partial charge < -0.3 is 14.9 Å². The van der Waals surface area contributed by atoms with E-state index < -0.39 is 0 Å². The van der Waals surface area contributed by atoms with Crippen molar-refractivity contribution in [1.29, 1.82) is 0 Å². The Kier molecular flexibility index (Phi) is 4.19. The summed E-state index contributed by atoms with van der Waals surface area (Å²) in [6, 6.07) is 7.29. The number of phenols is 1. The third-order valence-corrected chi connectivity index (χ3v) is 6.16. The number of carbonyl (C=O) groups is 1. The van der Waals surface area contributed by atoms with Crippen LogP contribution in [-0.4, -0.2) is 42.1 Å². The number of phenolic OH excluding ortho intramolecular Hbond substituents is 1. The van der Waals surface area contributed by atoms with Gasteiger partial charge >= 0.3 is 0 Å². The molecule has 0 bridgehead atoms. The number of aromatic hydroxyl groups is 1. The zero-order valence-corrected chi connectivity index (χ0v) is 14.5. The van der Waals surface area contributed by atoms with Gasteiger partial charge in [-0.2, -0.15) is 0 Å². The Morgan fingerprint density at radius 1 is 1.00 bits per heavy atom. The molecule has 4 nitrogen and oxygen atoms in total. The van der Waals surface area contributed by atoms with Crippen molar-refractivity contribution in [2.75, 3.05) is 31.1 Å². The van der Waals surface area contributed by atoms with E-state index >= 15 is 0 Å². The standard InChI is InChI=1S/C19H22N2O2S/c22-15-7-5-14(6-8-15)20-9-11-21(12-10-20)19(23)17-13-24-18-4-2-1-3-16(17)18/h5-8,13,22H,1-4,9-12H2. The fourth-order valence-electron chi connectivity index (χ4n) is 3.67. The molecule has 4 rings (SSSR count). The molecule has 0 atom stereocenters. The van der Waals surface area contributed by atoms with Crippen molar-refractivity contribution in [3.05, 3.63) is 45.6 Å². The van der Waals surface area contributed by atoms with E-state index in [1.807, 2.05) is 17.0 Å². The molecule has 1 aromatic carbocycles. The van der Waals surface area contributed by atoms with Gasteiger partial charge in [0.05, 0.1) is 5.56 Å². The van der Waals surface area contributed by atoms with Gasteiger partial charge in [0, 0.05) is 42.1 Å². The number of rotatable bonds is 2. The number of anilines is 1. The number of hydrogen-bond acceptors (Lipinski definition) is 4. The third-order valence-electron chi connectivity index (χ3n) is 5.07. The van der Waals surface area contributed by atoms with Gasteiger partial charge in [0.15, 0.2) is 0 Å². The fourth-order valence-corrected chi connectivity index (χ4v) is 4.79. The first-order valence-electron chi connectivity index (χ1n) is 8.65. The van der Waals surface area contributed by atoms with Crippen molar-refractivity contribution in [3.8, 4) is 5.75 Å². The maximum absolute atomic E-state index is 12.9. The number of nitrogens with zero attached hydrogens (tertiary/aromatic N) is 2. The predicted octanol–water partition coefficient (Wildman–Crippen LogP) is 3.29. The van der Waals surface area contributed by atoms with Gasteiger partial charge in [-0.3, -0.25) is 4.79 Å². The molecule has 24 heavy (non-hydrogen) atoms. The molecular weight excluding hydrogens is 320 g/mol. The predicted molar refractivity (Wildman–Crippen MR) is 97.2 cm³/mol. The Morgan fingerprint density at radius 3 is 2.46 bits per heavy atom. The second-order valence-corrected chi connectivity index (χ2v) is 7.52. The number of piperazine rings is 1. The summed E-state index contributed by atoms with van der Waals surface area (Å²) in [4.78, 5) is 18.6. The van der Waals surface area contributed by atoms with E-state index in [2.05, 4.69) is 10.3 Å². The molecule has 1 saturated heterocycles. The lowest BCUT2D eigenvalue weighted by Crippen LogP contribution is -2.48. The largest absolute Gasteiger partial charge is 0.508 e. The van der Waals surface area contributed by atoms with Gasteiger partial charge in [-0.05, 0) is 55.5 Å². The van der Waals surface area contributed by atoms with E-state index in [1.54, 1.807) is 23.5 Å². The second kappa shape index (κ2) is 6.48. The molecule has 0 unspecified atom stereocenters. The average molecular weight is 342 g/mol. The molecule has 1 fully saturated rings. The number of fused-ring (bicyclic) bond motifs is 1. The van der Waals surface area contributed by atoms with Crippen LogP contribution in [-0.2, 0) is 12.8 Å².